The number of aromatic nitrogens is 1. The van der Waals surface area contributed by atoms with Crippen LogP contribution in [0.4, 0.5) is 11.4 Å². The summed E-state index contributed by atoms with van der Waals surface area (Å²) in [6, 6.07) is 8.12. The lowest BCUT2D eigenvalue weighted by Gasteiger charge is -2.17. The average Bonchev–Trinajstić information content (AvgIpc) is 3.17. The Kier molecular flexibility index (Phi) is 5.00. The largest absolute Gasteiger partial charge is 0.372 e. The topological polar surface area (TPSA) is 45.2 Å². The van der Waals surface area contributed by atoms with Gasteiger partial charge < -0.3 is 10.2 Å². The van der Waals surface area contributed by atoms with E-state index in [1.807, 2.05) is 24.4 Å². The smallest absolute Gasteiger partial charge is 0.234 e. The van der Waals surface area contributed by atoms with Crippen molar-refractivity contribution >= 4 is 40.4 Å². The third-order valence-corrected chi connectivity index (χ3v) is 5.69. The predicted octanol–water partition coefficient (Wildman–Crippen LogP) is 3.78. The zero-order valence-electron chi connectivity index (χ0n) is 12.5. The Hall–Kier alpha value is -1.53. The lowest BCUT2D eigenvalue weighted by atomic mass is 10.2. The molecule has 0 radical (unpaired) electrons. The summed E-state index contributed by atoms with van der Waals surface area (Å²) in [4.78, 5) is 18.7. The van der Waals surface area contributed by atoms with Crippen molar-refractivity contribution in [3.63, 3.8) is 0 Å². The van der Waals surface area contributed by atoms with E-state index in [2.05, 4.69) is 27.3 Å². The van der Waals surface area contributed by atoms with Gasteiger partial charge in [0.1, 0.15) is 0 Å². The maximum Gasteiger partial charge on any atom is 0.234 e. The molecule has 1 amide bonds. The molecule has 0 saturated carbocycles. The molecule has 1 aliphatic heterocycles. The van der Waals surface area contributed by atoms with E-state index < -0.39 is 0 Å². The van der Waals surface area contributed by atoms with Gasteiger partial charge in [0.2, 0.25) is 5.91 Å². The molecule has 3 rings (SSSR count). The first kappa shape index (κ1) is 15.4. The summed E-state index contributed by atoms with van der Waals surface area (Å²) in [6.07, 6.45) is 2.54. The van der Waals surface area contributed by atoms with Crippen LogP contribution in [0.5, 0.6) is 0 Å². The van der Waals surface area contributed by atoms with Crippen molar-refractivity contribution in [2.24, 2.45) is 0 Å². The van der Waals surface area contributed by atoms with E-state index in [0.29, 0.717) is 5.75 Å². The highest BCUT2D eigenvalue weighted by Crippen LogP contribution is 2.24. The molecule has 0 spiro atoms. The normalized spacial score (nSPS) is 14.3. The molecule has 1 aromatic carbocycles. The van der Waals surface area contributed by atoms with Gasteiger partial charge in [0.25, 0.3) is 0 Å². The lowest BCUT2D eigenvalue weighted by molar-refractivity contribution is -0.113. The molecule has 0 atom stereocenters. The first-order valence-electron chi connectivity index (χ1n) is 7.40. The lowest BCUT2D eigenvalue weighted by Crippen LogP contribution is -2.18. The van der Waals surface area contributed by atoms with Gasteiger partial charge in [-0.05, 0) is 44.0 Å². The van der Waals surface area contributed by atoms with E-state index in [-0.39, 0.29) is 5.91 Å². The fourth-order valence-corrected chi connectivity index (χ4v) is 4.10. The summed E-state index contributed by atoms with van der Waals surface area (Å²) in [6.45, 7) is 4.23. The van der Waals surface area contributed by atoms with Crippen molar-refractivity contribution in [1.82, 2.24) is 4.98 Å². The number of thiazole rings is 1. The van der Waals surface area contributed by atoms with Crippen LogP contribution in [-0.2, 0) is 4.79 Å². The number of nitrogens with one attached hydrogen (secondary N) is 1. The first-order chi connectivity index (χ1) is 10.7. The van der Waals surface area contributed by atoms with E-state index >= 15 is 0 Å². The number of aryl methyl sites for hydroxylation is 1. The number of nitrogens with zero attached hydrogens (tertiary/aromatic N) is 2. The van der Waals surface area contributed by atoms with Crippen LogP contribution in [0.2, 0.25) is 0 Å². The van der Waals surface area contributed by atoms with Crippen LogP contribution in [0.1, 0.15) is 18.5 Å². The molecule has 0 bridgehead atoms. The summed E-state index contributed by atoms with van der Waals surface area (Å²) in [7, 11) is 0. The number of hydrogen-bond acceptors (Lipinski definition) is 5. The summed E-state index contributed by atoms with van der Waals surface area (Å²) < 4.78 is 0.942. The van der Waals surface area contributed by atoms with Gasteiger partial charge in [0, 0.05) is 35.5 Å². The number of rotatable bonds is 5. The van der Waals surface area contributed by atoms with Crippen LogP contribution in [0.25, 0.3) is 0 Å². The molecule has 0 unspecified atom stereocenters. The zero-order valence-corrected chi connectivity index (χ0v) is 14.2. The molecule has 1 aliphatic rings. The van der Waals surface area contributed by atoms with E-state index in [0.717, 1.165) is 28.8 Å². The third kappa shape index (κ3) is 4.01. The Bertz CT molecular complexity index is 633. The van der Waals surface area contributed by atoms with Gasteiger partial charge in [-0.15, -0.1) is 11.3 Å². The molecule has 0 aliphatic carbocycles. The van der Waals surface area contributed by atoms with E-state index in [1.54, 1.807) is 11.3 Å². The number of thioether (sulfide) groups is 1. The van der Waals surface area contributed by atoms with Crippen molar-refractivity contribution in [2.45, 2.75) is 24.1 Å². The van der Waals surface area contributed by atoms with Crippen molar-refractivity contribution in [3.8, 4) is 0 Å². The molecule has 2 heterocycles. The maximum atomic E-state index is 12.0. The second kappa shape index (κ2) is 7.15. The van der Waals surface area contributed by atoms with Gasteiger partial charge in [0.05, 0.1) is 5.75 Å². The molecular weight excluding hydrogens is 314 g/mol. The third-order valence-electron chi connectivity index (χ3n) is 3.55. The highest BCUT2D eigenvalue weighted by Gasteiger charge is 2.12. The molecule has 1 saturated heterocycles. The van der Waals surface area contributed by atoms with Crippen molar-refractivity contribution in [1.29, 1.82) is 0 Å². The average molecular weight is 333 g/mol. The Morgan fingerprint density at radius 2 is 2.05 bits per heavy atom. The number of carbonyl (C=O) groups excluding carboxylic acids is 1. The fourth-order valence-electron chi connectivity index (χ4n) is 2.45. The quantitative estimate of drug-likeness (QED) is 0.846. The van der Waals surface area contributed by atoms with E-state index in [9.17, 15) is 4.79 Å². The standard InChI is InChI=1S/C16H19N3OS2/c1-12-10-21-16(17-12)22-11-15(20)18-13-4-6-14(7-5-13)19-8-2-3-9-19/h4-7,10H,2-3,8-9,11H2,1H3,(H,18,20). The van der Waals surface area contributed by atoms with Crippen LogP contribution in [0, 0.1) is 6.92 Å². The predicted molar refractivity (Wildman–Crippen MR) is 94.1 cm³/mol. The van der Waals surface area contributed by atoms with Gasteiger partial charge in [-0.25, -0.2) is 4.98 Å². The van der Waals surface area contributed by atoms with Crippen LogP contribution in [0.3, 0.4) is 0 Å². The molecule has 22 heavy (non-hydrogen) atoms. The molecule has 116 valence electrons. The van der Waals surface area contributed by atoms with Crippen LogP contribution < -0.4 is 10.2 Å². The van der Waals surface area contributed by atoms with E-state index in [1.165, 1.54) is 30.3 Å². The second-order valence-electron chi connectivity index (χ2n) is 5.33. The molecule has 1 aromatic heterocycles. The minimum Gasteiger partial charge on any atom is -0.372 e. The van der Waals surface area contributed by atoms with Gasteiger partial charge >= 0.3 is 0 Å². The molecule has 4 nitrogen and oxygen atoms in total. The number of hydrogen-bond donors (Lipinski definition) is 1. The minimum atomic E-state index is 0.00627. The number of carbonyl (C=O) groups is 1. The Balaban J connectivity index is 1.50. The van der Waals surface area contributed by atoms with Crippen molar-refractivity contribution in [2.75, 3.05) is 29.1 Å². The first-order valence-corrected chi connectivity index (χ1v) is 9.27. The van der Waals surface area contributed by atoms with Crippen LogP contribution in [0.15, 0.2) is 34.0 Å². The molecular formula is C16H19N3OS2. The van der Waals surface area contributed by atoms with Crippen LogP contribution in [-0.4, -0.2) is 29.7 Å². The van der Waals surface area contributed by atoms with E-state index in [4.69, 9.17) is 0 Å². The zero-order chi connectivity index (χ0) is 15.4. The van der Waals surface area contributed by atoms with Gasteiger partial charge in [0.15, 0.2) is 4.34 Å². The Morgan fingerprint density at radius 1 is 1.32 bits per heavy atom. The highest BCUT2D eigenvalue weighted by molar-refractivity contribution is 8.01. The summed E-state index contributed by atoms with van der Waals surface area (Å²) in [5.41, 5.74) is 3.09. The monoisotopic (exact) mass is 333 g/mol. The van der Waals surface area contributed by atoms with Gasteiger partial charge in [-0.2, -0.15) is 0 Å². The second-order valence-corrected chi connectivity index (χ2v) is 7.41. The van der Waals surface area contributed by atoms with Crippen molar-refractivity contribution < 1.29 is 4.79 Å². The SMILES string of the molecule is Cc1csc(SCC(=O)Nc2ccc(N3CCCC3)cc2)n1. The summed E-state index contributed by atoms with van der Waals surface area (Å²) in [5, 5.41) is 4.93. The number of amides is 1. The fraction of sp³-hybridized carbons (Fsp3) is 0.375. The Labute approximate surface area is 138 Å². The molecule has 1 N–H and O–H groups in total. The molecule has 6 heteroatoms. The van der Waals surface area contributed by atoms with Gasteiger partial charge in [-0.1, -0.05) is 11.8 Å². The minimum absolute atomic E-state index is 0.00627. The van der Waals surface area contributed by atoms with Crippen molar-refractivity contribution in [3.05, 3.63) is 35.3 Å². The molecule has 2 aromatic rings. The highest BCUT2D eigenvalue weighted by atomic mass is 32.2. The number of benzene rings is 1. The maximum absolute atomic E-state index is 12.0. The van der Waals surface area contributed by atoms with Crippen LogP contribution >= 0.6 is 23.1 Å². The molecule has 1 fully saturated rings. The number of anilines is 2. The summed E-state index contributed by atoms with van der Waals surface area (Å²) in [5.74, 6) is 0.396. The van der Waals surface area contributed by atoms with Gasteiger partial charge in [-0.3, -0.25) is 4.79 Å². The summed E-state index contributed by atoms with van der Waals surface area (Å²) >= 11 is 3.06. The Morgan fingerprint density at radius 3 is 2.68 bits per heavy atom.